The van der Waals surface area contributed by atoms with Gasteiger partial charge in [-0.05, 0) is 67.1 Å². The first-order chi connectivity index (χ1) is 10.2. The van der Waals surface area contributed by atoms with Gasteiger partial charge in [-0.1, -0.05) is 13.0 Å². The Balaban J connectivity index is 1.75. The third-order valence-electron chi connectivity index (χ3n) is 4.31. The Morgan fingerprint density at radius 3 is 2.81 bits per heavy atom. The molecule has 1 aliphatic rings. The monoisotopic (exact) mass is 286 g/mol. The molecule has 1 N–H and O–H groups in total. The molecule has 1 saturated carbocycles. The van der Waals surface area contributed by atoms with Gasteiger partial charge in [0.1, 0.15) is 5.82 Å². The van der Waals surface area contributed by atoms with Gasteiger partial charge in [0, 0.05) is 25.0 Å². The van der Waals surface area contributed by atoms with Crippen LogP contribution in [0.1, 0.15) is 42.5 Å². The normalized spacial score (nSPS) is 16.1. The molecule has 1 atom stereocenters. The molecule has 0 aliphatic heterocycles. The molecule has 0 saturated heterocycles. The zero-order valence-electron chi connectivity index (χ0n) is 12.8. The second kappa shape index (κ2) is 6.02. The Morgan fingerprint density at radius 1 is 1.33 bits per heavy atom. The summed E-state index contributed by atoms with van der Waals surface area (Å²) in [6.45, 7) is 5.93. The lowest BCUT2D eigenvalue weighted by atomic mass is 10.1. The van der Waals surface area contributed by atoms with Gasteiger partial charge < -0.3 is 9.88 Å². The summed E-state index contributed by atoms with van der Waals surface area (Å²) in [6, 6.07) is 7.73. The van der Waals surface area contributed by atoms with E-state index in [1.807, 2.05) is 13.0 Å². The highest BCUT2D eigenvalue weighted by atomic mass is 19.1. The molecule has 0 bridgehead atoms. The molecule has 0 amide bonds. The molecule has 1 unspecified atom stereocenters. The van der Waals surface area contributed by atoms with E-state index in [0.29, 0.717) is 6.04 Å². The first-order valence-corrected chi connectivity index (χ1v) is 7.81. The first kappa shape index (κ1) is 14.3. The fourth-order valence-electron chi connectivity index (χ4n) is 2.98. The van der Waals surface area contributed by atoms with Crippen LogP contribution in [0.25, 0.3) is 0 Å². The van der Waals surface area contributed by atoms with E-state index in [4.69, 9.17) is 0 Å². The van der Waals surface area contributed by atoms with Crippen LogP contribution in [-0.4, -0.2) is 11.1 Å². The van der Waals surface area contributed by atoms with Crippen LogP contribution >= 0.6 is 0 Å². The molecule has 1 aliphatic carbocycles. The lowest BCUT2D eigenvalue weighted by Crippen LogP contribution is -2.22. The molecule has 2 nitrogen and oxygen atoms in total. The third kappa shape index (κ3) is 3.35. The predicted molar refractivity (Wildman–Crippen MR) is 83.8 cm³/mol. The largest absolute Gasteiger partial charge is 0.350 e. The van der Waals surface area contributed by atoms with E-state index in [1.165, 1.54) is 24.0 Å². The maximum absolute atomic E-state index is 13.2. The zero-order valence-corrected chi connectivity index (χ0v) is 12.8. The number of halogens is 1. The average Bonchev–Trinajstić information content (AvgIpc) is 3.19. The van der Waals surface area contributed by atoms with Gasteiger partial charge in [-0.25, -0.2) is 4.39 Å². The van der Waals surface area contributed by atoms with Gasteiger partial charge in [0.15, 0.2) is 0 Å². The number of rotatable bonds is 6. The summed E-state index contributed by atoms with van der Waals surface area (Å²) in [6.07, 6.45) is 7.03. The molecule has 3 heteroatoms. The first-order valence-electron chi connectivity index (χ1n) is 7.81. The van der Waals surface area contributed by atoms with E-state index in [-0.39, 0.29) is 5.82 Å². The van der Waals surface area contributed by atoms with Crippen LogP contribution in [0.2, 0.25) is 0 Å². The lowest BCUT2D eigenvalue weighted by molar-refractivity contribution is 0.495. The number of nitrogens with one attached hydrogen (secondary N) is 1. The molecular weight excluding hydrogens is 263 g/mol. The minimum atomic E-state index is -0.162. The Kier molecular flexibility index (Phi) is 4.11. The van der Waals surface area contributed by atoms with Crippen LogP contribution in [0.15, 0.2) is 36.7 Å². The fraction of sp³-hybridized carbons (Fsp3) is 0.444. The van der Waals surface area contributed by atoms with Gasteiger partial charge in [-0.3, -0.25) is 0 Å². The molecule has 1 aromatic heterocycles. The van der Waals surface area contributed by atoms with Gasteiger partial charge in [0.25, 0.3) is 0 Å². The number of benzene rings is 1. The fourth-order valence-corrected chi connectivity index (χ4v) is 2.98. The quantitative estimate of drug-likeness (QED) is 0.848. The molecule has 1 aromatic carbocycles. The zero-order chi connectivity index (χ0) is 14.8. The maximum atomic E-state index is 13.2. The second-order valence-corrected chi connectivity index (χ2v) is 6.06. The van der Waals surface area contributed by atoms with Crippen molar-refractivity contribution < 1.29 is 4.39 Å². The maximum Gasteiger partial charge on any atom is 0.123 e. The number of aryl methyl sites for hydroxylation is 1. The molecule has 1 fully saturated rings. The molecule has 3 rings (SSSR count). The summed E-state index contributed by atoms with van der Waals surface area (Å²) < 4.78 is 15.4. The summed E-state index contributed by atoms with van der Waals surface area (Å²) in [5.74, 6) is 0.638. The van der Waals surface area contributed by atoms with Crippen molar-refractivity contribution in [2.24, 2.45) is 5.92 Å². The van der Waals surface area contributed by atoms with E-state index in [0.717, 1.165) is 24.6 Å². The lowest BCUT2D eigenvalue weighted by Gasteiger charge is -2.15. The summed E-state index contributed by atoms with van der Waals surface area (Å²) in [4.78, 5) is 0. The topological polar surface area (TPSA) is 17.0 Å². The van der Waals surface area contributed by atoms with Gasteiger partial charge in [0.2, 0.25) is 0 Å². The highest BCUT2D eigenvalue weighted by Crippen LogP contribution is 2.41. The van der Waals surface area contributed by atoms with E-state index >= 15 is 0 Å². The number of aromatic nitrogens is 1. The van der Waals surface area contributed by atoms with Crippen molar-refractivity contribution in [1.29, 1.82) is 0 Å². The third-order valence-corrected chi connectivity index (χ3v) is 4.31. The molecule has 21 heavy (non-hydrogen) atoms. The van der Waals surface area contributed by atoms with E-state index in [1.54, 1.807) is 12.1 Å². The highest BCUT2D eigenvalue weighted by molar-refractivity contribution is 5.28. The number of hydrogen-bond acceptors (Lipinski definition) is 1. The summed E-state index contributed by atoms with van der Waals surface area (Å²) in [5.41, 5.74) is 3.56. The molecule has 112 valence electrons. The van der Waals surface area contributed by atoms with Gasteiger partial charge in [-0.15, -0.1) is 0 Å². The van der Waals surface area contributed by atoms with Crippen LogP contribution in [0.5, 0.6) is 0 Å². The van der Waals surface area contributed by atoms with Crippen LogP contribution in [0.4, 0.5) is 4.39 Å². The van der Waals surface area contributed by atoms with Crippen LogP contribution < -0.4 is 5.32 Å². The van der Waals surface area contributed by atoms with Crippen molar-refractivity contribution in [3.63, 3.8) is 0 Å². The van der Waals surface area contributed by atoms with Crippen molar-refractivity contribution in [1.82, 2.24) is 9.88 Å². The van der Waals surface area contributed by atoms with Crippen LogP contribution in [0, 0.1) is 18.7 Å². The average molecular weight is 286 g/mol. The van der Waals surface area contributed by atoms with E-state index < -0.39 is 0 Å². The Hall–Kier alpha value is -1.61. The van der Waals surface area contributed by atoms with Gasteiger partial charge >= 0.3 is 0 Å². The predicted octanol–water partition coefficient (Wildman–Crippen LogP) is 4.04. The SMILES string of the molecule is CCNC(c1ccn(Cc2ccc(F)cc2C)c1)C1CC1. The van der Waals surface area contributed by atoms with Crippen molar-refractivity contribution in [2.45, 2.75) is 39.3 Å². The second-order valence-electron chi connectivity index (χ2n) is 6.06. The van der Waals surface area contributed by atoms with Gasteiger partial charge in [-0.2, -0.15) is 0 Å². The smallest absolute Gasteiger partial charge is 0.123 e. The minimum absolute atomic E-state index is 0.162. The molecular formula is C18H23FN2. The Bertz CT molecular complexity index is 613. The Labute approximate surface area is 126 Å². The van der Waals surface area contributed by atoms with Crippen molar-refractivity contribution in [3.05, 3.63) is 59.2 Å². The highest BCUT2D eigenvalue weighted by Gasteiger charge is 2.31. The summed E-state index contributed by atoms with van der Waals surface area (Å²) >= 11 is 0. The Morgan fingerprint density at radius 2 is 2.14 bits per heavy atom. The standard InChI is InChI=1S/C18H23FN2/c1-3-20-18(14-4-5-14)16-8-9-21(12-16)11-15-6-7-17(19)10-13(15)2/h6-10,12,14,18,20H,3-5,11H2,1-2H3. The van der Waals surface area contributed by atoms with Gasteiger partial charge in [0.05, 0.1) is 0 Å². The summed E-state index contributed by atoms with van der Waals surface area (Å²) in [5, 5.41) is 3.59. The number of hydrogen-bond donors (Lipinski definition) is 1. The van der Waals surface area contributed by atoms with E-state index in [9.17, 15) is 4.39 Å². The molecule has 1 heterocycles. The number of nitrogens with zero attached hydrogens (tertiary/aromatic N) is 1. The minimum Gasteiger partial charge on any atom is -0.350 e. The van der Waals surface area contributed by atoms with Crippen molar-refractivity contribution in [3.8, 4) is 0 Å². The summed E-state index contributed by atoms with van der Waals surface area (Å²) in [7, 11) is 0. The van der Waals surface area contributed by atoms with Crippen LogP contribution in [0.3, 0.4) is 0 Å². The van der Waals surface area contributed by atoms with Crippen molar-refractivity contribution in [2.75, 3.05) is 6.54 Å². The van der Waals surface area contributed by atoms with E-state index in [2.05, 4.69) is 35.3 Å². The molecule has 2 aromatic rings. The molecule has 0 spiro atoms. The van der Waals surface area contributed by atoms with Crippen LogP contribution in [-0.2, 0) is 6.54 Å². The molecule has 0 radical (unpaired) electrons. The van der Waals surface area contributed by atoms with Crippen molar-refractivity contribution >= 4 is 0 Å².